The number of hydrogen-bond donors (Lipinski definition) is 0. The predicted octanol–water partition coefficient (Wildman–Crippen LogP) is 4.96. The van der Waals surface area contributed by atoms with Crippen molar-refractivity contribution in [1.29, 1.82) is 0 Å². The molecule has 0 radical (unpaired) electrons. The van der Waals surface area contributed by atoms with Gasteiger partial charge in [0, 0.05) is 17.3 Å². The van der Waals surface area contributed by atoms with E-state index in [1.165, 1.54) is 31.2 Å². The molecule has 0 spiro atoms. The molecule has 1 atom stereocenters. The Morgan fingerprint density at radius 2 is 1.89 bits per heavy atom. The van der Waals surface area contributed by atoms with Crippen molar-refractivity contribution in [2.75, 3.05) is 17.3 Å². The standard InChI is InChI=1S/C16H22Br2O/c17-12-16(13-18,9-8-15-7-4-10-19-15)11-14-5-2-1-3-6-14/h1-3,5-6,15H,4,7-13H2. The van der Waals surface area contributed by atoms with Crippen LogP contribution in [0.1, 0.15) is 31.2 Å². The third-order valence-electron chi connectivity index (χ3n) is 4.01. The summed E-state index contributed by atoms with van der Waals surface area (Å²) in [5.74, 6) is 0. The number of rotatable bonds is 7. The van der Waals surface area contributed by atoms with Crippen molar-refractivity contribution in [3.05, 3.63) is 35.9 Å². The first-order valence-electron chi connectivity index (χ1n) is 7.05. The summed E-state index contributed by atoms with van der Waals surface area (Å²) in [5, 5.41) is 2.07. The van der Waals surface area contributed by atoms with E-state index >= 15 is 0 Å². The zero-order valence-electron chi connectivity index (χ0n) is 11.3. The fraction of sp³-hybridized carbons (Fsp3) is 0.625. The number of ether oxygens (including phenoxy) is 1. The zero-order valence-corrected chi connectivity index (χ0v) is 14.5. The Morgan fingerprint density at radius 3 is 2.47 bits per heavy atom. The van der Waals surface area contributed by atoms with Crippen molar-refractivity contribution >= 4 is 31.9 Å². The fourth-order valence-corrected chi connectivity index (χ4v) is 4.61. The minimum Gasteiger partial charge on any atom is -0.378 e. The highest BCUT2D eigenvalue weighted by Crippen LogP contribution is 2.35. The second-order valence-corrected chi connectivity index (χ2v) is 6.72. The molecule has 0 saturated carbocycles. The van der Waals surface area contributed by atoms with Gasteiger partial charge in [-0.25, -0.2) is 0 Å². The average molecular weight is 390 g/mol. The molecule has 1 aliphatic rings. The van der Waals surface area contributed by atoms with Crippen LogP contribution in [0.4, 0.5) is 0 Å². The molecule has 1 heterocycles. The van der Waals surface area contributed by atoms with E-state index in [-0.39, 0.29) is 0 Å². The number of alkyl halides is 2. The maximum atomic E-state index is 5.76. The topological polar surface area (TPSA) is 9.23 Å². The molecule has 0 amide bonds. The van der Waals surface area contributed by atoms with Crippen LogP contribution in [0.3, 0.4) is 0 Å². The second kappa shape index (κ2) is 7.80. The van der Waals surface area contributed by atoms with Crippen LogP contribution in [0.5, 0.6) is 0 Å². The third kappa shape index (κ3) is 4.57. The van der Waals surface area contributed by atoms with Gasteiger partial charge in [0.2, 0.25) is 0 Å². The summed E-state index contributed by atoms with van der Waals surface area (Å²) in [6.07, 6.45) is 6.49. The number of benzene rings is 1. The molecular weight excluding hydrogens is 368 g/mol. The predicted molar refractivity (Wildman–Crippen MR) is 88.4 cm³/mol. The fourth-order valence-electron chi connectivity index (χ4n) is 2.72. The normalized spacial score (nSPS) is 19.8. The Labute approximate surface area is 133 Å². The molecule has 2 rings (SSSR count). The van der Waals surface area contributed by atoms with Gasteiger partial charge in [0.05, 0.1) is 6.10 Å². The van der Waals surface area contributed by atoms with Gasteiger partial charge in [-0.1, -0.05) is 62.2 Å². The molecule has 0 bridgehead atoms. The van der Waals surface area contributed by atoms with Crippen molar-refractivity contribution in [2.24, 2.45) is 5.41 Å². The zero-order chi connectivity index (χ0) is 13.6. The van der Waals surface area contributed by atoms with Gasteiger partial charge in [-0.15, -0.1) is 0 Å². The molecule has 1 fully saturated rings. The molecule has 1 aromatic rings. The highest BCUT2D eigenvalue weighted by atomic mass is 79.9. The van der Waals surface area contributed by atoms with Crippen molar-refractivity contribution in [3.8, 4) is 0 Å². The van der Waals surface area contributed by atoms with Crippen molar-refractivity contribution < 1.29 is 4.74 Å². The van der Waals surface area contributed by atoms with Gasteiger partial charge in [0.25, 0.3) is 0 Å². The van der Waals surface area contributed by atoms with Crippen LogP contribution in [0.15, 0.2) is 30.3 Å². The third-order valence-corrected chi connectivity index (χ3v) is 6.39. The SMILES string of the molecule is BrCC(CBr)(CCC1CCCO1)Cc1ccccc1. The van der Waals surface area contributed by atoms with E-state index in [9.17, 15) is 0 Å². The van der Waals surface area contributed by atoms with Gasteiger partial charge >= 0.3 is 0 Å². The van der Waals surface area contributed by atoms with Crippen molar-refractivity contribution in [1.82, 2.24) is 0 Å². The first-order chi connectivity index (χ1) is 9.28. The summed E-state index contributed by atoms with van der Waals surface area (Å²) in [7, 11) is 0. The lowest BCUT2D eigenvalue weighted by atomic mass is 9.80. The molecular formula is C16H22Br2O. The largest absolute Gasteiger partial charge is 0.378 e. The summed E-state index contributed by atoms with van der Waals surface area (Å²) < 4.78 is 5.76. The van der Waals surface area contributed by atoms with Gasteiger partial charge < -0.3 is 4.74 Å². The van der Waals surface area contributed by atoms with E-state index in [2.05, 4.69) is 62.2 Å². The van der Waals surface area contributed by atoms with Gasteiger partial charge in [0.15, 0.2) is 0 Å². The Bertz CT molecular complexity index is 356. The summed E-state index contributed by atoms with van der Waals surface area (Å²) in [6.45, 7) is 0.957. The molecule has 19 heavy (non-hydrogen) atoms. The quantitative estimate of drug-likeness (QED) is 0.598. The van der Waals surface area contributed by atoms with Gasteiger partial charge in [0.1, 0.15) is 0 Å². The maximum Gasteiger partial charge on any atom is 0.0576 e. The van der Waals surface area contributed by atoms with Gasteiger partial charge in [-0.3, -0.25) is 0 Å². The average Bonchev–Trinajstić information content (AvgIpc) is 2.98. The molecule has 1 aromatic carbocycles. The van der Waals surface area contributed by atoms with E-state index in [0.29, 0.717) is 11.5 Å². The van der Waals surface area contributed by atoms with E-state index in [0.717, 1.165) is 23.7 Å². The molecule has 1 nitrogen and oxygen atoms in total. The maximum absolute atomic E-state index is 5.76. The first-order valence-corrected chi connectivity index (χ1v) is 9.30. The minimum atomic E-state index is 0.299. The smallest absolute Gasteiger partial charge is 0.0576 e. The van der Waals surface area contributed by atoms with Crippen LogP contribution in [0.2, 0.25) is 0 Å². The molecule has 1 saturated heterocycles. The first kappa shape index (κ1) is 15.5. The van der Waals surface area contributed by atoms with Crippen LogP contribution >= 0.6 is 31.9 Å². The summed E-state index contributed by atoms with van der Waals surface area (Å²) in [5.41, 5.74) is 1.72. The van der Waals surface area contributed by atoms with Crippen LogP contribution < -0.4 is 0 Å². The van der Waals surface area contributed by atoms with Gasteiger partial charge in [-0.2, -0.15) is 0 Å². The molecule has 3 heteroatoms. The molecule has 0 N–H and O–H groups in total. The Morgan fingerprint density at radius 1 is 1.16 bits per heavy atom. The van der Waals surface area contributed by atoms with Crippen LogP contribution in [-0.2, 0) is 11.2 Å². The molecule has 0 aromatic heterocycles. The summed E-state index contributed by atoms with van der Waals surface area (Å²) in [4.78, 5) is 0. The second-order valence-electron chi connectivity index (χ2n) is 5.60. The van der Waals surface area contributed by atoms with Crippen LogP contribution in [0.25, 0.3) is 0 Å². The Balaban J connectivity index is 1.95. The summed E-state index contributed by atoms with van der Waals surface area (Å²) in [6, 6.07) is 10.8. The summed E-state index contributed by atoms with van der Waals surface area (Å²) >= 11 is 7.46. The number of halogens is 2. The Kier molecular flexibility index (Phi) is 6.37. The van der Waals surface area contributed by atoms with Crippen LogP contribution in [-0.4, -0.2) is 23.4 Å². The highest BCUT2D eigenvalue weighted by molar-refractivity contribution is 9.09. The molecule has 1 aliphatic heterocycles. The van der Waals surface area contributed by atoms with Crippen LogP contribution in [0, 0.1) is 5.41 Å². The Hall–Kier alpha value is 0.140. The molecule has 1 unspecified atom stereocenters. The van der Waals surface area contributed by atoms with E-state index in [1.54, 1.807) is 0 Å². The van der Waals surface area contributed by atoms with E-state index < -0.39 is 0 Å². The minimum absolute atomic E-state index is 0.299. The lowest BCUT2D eigenvalue weighted by Gasteiger charge is -2.31. The van der Waals surface area contributed by atoms with Gasteiger partial charge in [-0.05, 0) is 43.1 Å². The van der Waals surface area contributed by atoms with E-state index in [1.807, 2.05) is 0 Å². The molecule has 106 valence electrons. The monoisotopic (exact) mass is 388 g/mol. The number of hydrogen-bond acceptors (Lipinski definition) is 1. The van der Waals surface area contributed by atoms with E-state index in [4.69, 9.17) is 4.74 Å². The van der Waals surface area contributed by atoms with Crippen molar-refractivity contribution in [3.63, 3.8) is 0 Å². The lowest BCUT2D eigenvalue weighted by molar-refractivity contribution is 0.0928. The lowest BCUT2D eigenvalue weighted by Crippen LogP contribution is -2.29. The highest BCUT2D eigenvalue weighted by Gasteiger charge is 2.30. The molecule has 0 aliphatic carbocycles. The van der Waals surface area contributed by atoms with Crippen molar-refractivity contribution in [2.45, 2.75) is 38.2 Å².